The number of likely N-dealkylation sites (N-methyl/N-ethyl adjacent to an activating group) is 1. The van der Waals surface area contributed by atoms with E-state index in [-0.39, 0.29) is 17.9 Å². The van der Waals surface area contributed by atoms with Crippen LogP contribution in [0.15, 0.2) is 24.3 Å². The fourth-order valence-electron chi connectivity index (χ4n) is 3.99. The summed E-state index contributed by atoms with van der Waals surface area (Å²) in [6.07, 6.45) is 1.56. The third-order valence-corrected chi connectivity index (χ3v) is 5.39. The zero-order valence-electron chi connectivity index (χ0n) is 15.0. The van der Waals surface area contributed by atoms with Crippen molar-refractivity contribution in [3.05, 3.63) is 29.8 Å². The quantitative estimate of drug-likeness (QED) is 0.866. The van der Waals surface area contributed by atoms with Crippen molar-refractivity contribution in [2.45, 2.75) is 39.0 Å². The third-order valence-electron chi connectivity index (χ3n) is 5.39. The lowest BCUT2D eigenvalue weighted by molar-refractivity contribution is -0.130. The van der Waals surface area contributed by atoms with Gasteiger partial charge in [-0.2, -0.15) is 0 Å². The molecule has 1 aliphatic heterocycles. The van der Waals surface area contributed by atoms with Gasteiger partial charge in [0, 0.05) is 44.6 Å². The lowest BCUT2D eigenvalue weighted by Crippen LogP contribution is -2.65. The predicted octanol–water partition coefficient (Wildman–Crippen LogP) is 2.06. The normalized spacial score (nSPS) is 27.2. The smallest absolute Gasteiger partial charge is 0.259 e. The monoisotopic (exact) mass is 332 g/mol. The van der Waals surface area contributed by atoms with Crippen LogP contribution in [0, 0.1) is 11.3 Å². The Bertz CT molecular complexity index is 600. The molecular weight excluding hydrogens is 304 g/mol. The van der Waals surface area contributed by atoms with Crippen molar-refractivity contribution in [3.63, 3.8) is 0 Å². The van der Waals surface area contributed by atoms with Crippen molar-refractivity contribution in [2.75, 3.05) is 27.3 Å². The molecule has 1 saturated carbocycles. The highest BCUT2D eigenvalue weighted by atomic mass is 16.5. The number of ether oxygens (including phenoxy) is 2. The number of carbonyl (C=O) groups excluding carboxylic acids is 1. The zero-order valence-corrected chi connectivity index (χ0v) is 15.0. The Hall–Kier alpha value is -1.59. The Kier molecular flexibility index (Phi) is 4.83. The van der Waals surface area contributed by atoms with Gasteiger partial charge in [-0.25, -0.2) is 0 Å². The SMILES string of the molecule is CN(C)C(=O)COc1cccc(CNC2C3CCOC3C2(C)C)c1. The van der Waals surface area contributed by atoms with Gasteiger partial charge in [0.25, 0.3) is 5.91 Å². The zero-order chi connectivity index (χ0) is 17.3. The summed E-state index contributed by atoms with van der Waals surface area (Å²) >= 11 is 0. The van der Waals surface area contributed by atoms with Crippen molar-refractivity contribution < 1.29 is 14.3 Å². The molecule has 5 nitrogen and oxygen atoms in total. The molecular formula is C19H28N2O3. The van der Waals surface area contributed by atoms with E-state index in [1.807, 2.05) is 18.2 Å². The largest absolute Gasteiger partial charge is 0.484 e. The maximum atomic E-state index is 11.6. The van der Waals surface area contributed by atoms with Gasteiger partial charge in [0.15, 0.2) is 6.61 Å². The molecule has 2 aliphatic rings. The summed E-state index contributed by atoms with van der Waals surface area (Å²) in [5, 5.41) is 3.70. The van der Waals surface area contributed by atoms with Crippen molar-refractivity contribution in [1.82, 2.24) is 10.2 Å². The van der Waals surface area contributed by atoms with Crippen LogP contribution in [0.1, 0.15) is 25.8 Å². The number of amides is 1. The molecule has 1 heterocycles. The van der Waals surface area contributed by atoms with Crippen LogP contribution in [-0.2, 0) is 16.1 Å². The van der Waals surface area contributed by atoms with Crippen molar-refractivity contribution >= 4 is 5.91 Å². The number of nitrogens with one attached hydrogen (secondary N) is 1. The maximum Gasteiger partial charge on any atom is 0.259 e. The van der Waals surface area contributed by atoms with E-state index in [1.165, 1.54) is 10.5 Å². The van der Waals surface area contributed by atoms with Crippen molar-refractivity contribution in [1.29, 1.82) is 0 Å². The Balaban J connectivity index is 1.54. The molecule has 0 radical (unpaired) electrons. The number of hydrogen-bond acceptors (Lipinski definition) is 4. The van der Waals surface area contributed by atoms with Gasteiger partial charge in [-0.05, 0) is 24.1 Å². The molecule has 24 heavy (non-hydrogen) atoms. The molecule has 1 aromatic rings. The van der Waals surface area contributed by atoms with E-state index in [2.05, 4.69) is 25.2 Å². The summed E-state index contributed by atoms with van der Waals surface area (Å²) in [5.41, 5.74) is 1.36. The lowest BCUT2D eigenvalue weighted by atomic mass is 9.57. The highest BCUT2D eigenvalue weighted by Crippen LogP contribution is 2.52. The van der Waals surface area contributed by atoms with E-state index in [9.17, 15) is 4.79 Å². The minimum absolute atomic E-state index is 0.0398. The van der Waals surface area contributed by atoms with E-state index in [1.54, 1.807) is 14.1 Å². The Morgan fingerprint density at radius 2 is 2.21 bits per heavy atom. The highest BCUT2D eigenvalue weighted by Gasteiger charge is 2.58. The summed E-state index contributed by atoms with van der Waals surface area (Å²) < 4.78 is 11.4. The lowest BCUT2D eigenvalue weighted by Gasteiger charge is -2.55. The number of fused-ring (bicyclic) bond motifs is 1. The fraction of sp³-hybridized carbons (Fsp3) is 0.632. The Labute approximate surface area is 144 Å². The van der Waals surface area contributed by atoms with E-state index in [0.29, 0.717) is 18.1 Å². The second kappa shape index (κ2) is 6.73. The van der Waals surface area contributed by atoms with E-state index < -0.39 is 0 Å². The fourth-order valence-corrected chi connectivity index (χ4v) is 3.99. The van der Waals surface area contributed by atoms with Gasteiger partial charge >= 0.3 is 0 Å². The van der Waals surface area contributed by atoms with Gasteiger partial charge < -0.3 is 19.7 Å². The first-order valence-corrected chi connectivity index (χ1v) is 8.66. The molecule has 0 spiro atoms. The Morgan fingerprint density at radius 3 is 2.96 bits per heavy atom. The molecule has 0 bridgehead atoms. The van der Waals surface area contributed by atoms with Gasteiger partial charge in [0.05, 0.1) is 6.10 Å². The van der Waals surface area contributed by atoms with Gasteiger partial charge in [-0.3, -0.25) is 4.79 Å². The molecule has 5 heteroatoms. The number of nitrogens with zero attached hydrogens (tertiary/aromatic N) is 1. The van der Waals surface area contributed by atoms with Crippen LogP contribution >= 0.6 is 0 Å². The summed E-state index contributed by atoms with van der Waals surface area (Å²) in [4.78, 5) is 13.1. The molecule has 3 rings (SSSR count). The number of benzene rings is 1. The predicted molar refractivity (Wildman–Crippen MR) is 92.9 cm³/mol. The molecule has 1 aliphatic carbocycles. The van der Waals surface area contributed by atoms with E-state index in [4.69, 9.17) is 9.47 Å². The average Bonchev–Trinajstić information content (AvgIpc) is 2.99. The first-order valence-electron chi connectivity index (χ1n) is 8.66. The van der Waals surface area contributed by atoms with Crippen molar-refractivity contribution in [3.8, 4) is 5.75 Å². The molecule has 0 aromatic heterocycles. The minimum Gasteiger partial charge on any atom is -0.484 e. The van der Waals surface area contributed by atoms with Crippen LogP contribution in [0.5, 0.6) is 5.75 Å². The van der Waals surface area contributed by atoms with E-state index >= 15 is 0 Å². The minimum atomic E-state index is -0.0398. The Morgan fingerprint density at radius 1 is 1.42 bits per heavy atom. The van der Waals surface area contributed by atoms with Gasteiger partial charge in [0.1, 0.15) is 5.75 Å². The van der Waals surface area contributed by atoms with Crippen molar-refractivity contribution in [2.24, 2.45) is 11.3 Å². The maximum absolute atomic E-state index is 11.6. The second-order valence-electron chi connectivity index (χ2n) is 7.65. The molecule has 1 amide bonds. The molecule has 1 saturated heterocycles. The third kappa shape index (κ3) is 3.28. The molecule has 1 aromatic carbocycles. The molecule has 1 N–H and O–H groups in total. The van der Waals surface area contributed by atoms with Crippen LogP contribution in [0.25, 0.3) is 0 Å². The molecule has 3 unspecified atom stereocenters. The molecule has 2 fully saturated rings. The van der Waals surface area contributed by atoms with Crippen LogP contribution < -0.4 is 10.1 Å². The first-order chi connectivity index (χ1) is 11.4. The molecule has 3 atom stereocenters. The first kappa shape index (κ1) is 17.2. The summed E-state index contributed by atoms with van der Waals surface area (Å²) in [6.45, 7) is 6.32. The van der Waals surface area contributed by atoms with E-state index in [0.717, 1.165) is 25.3 Å². The van der Waals surface area contributed by atoms with Crippen LogP contribution in [0.2, 0.25) is 0 Å². The average molecular weight is 332 g/mol. The number of hydrogen-bond donors (Lipinski definition) is 1. The molecule has 132 valence electrons. The second-order valence-corrected chi connectivity index (χ2v) is 7.65. The summed E-state index contributed by atoms with van der Waals surface area (Å²) in [7, 11) is 3.46. The number of carbonyl (C=O) groups is 1. The van der Waals surface area contributed by atoms with Gasteiger partial charge in [-0.1, -0.05) is 26.0 Å². The summed E-state index contributed by atoms with van der Waals surface area (Å²) in [5.74, 6) is 1.33. The standard InChI is InChI=1S/C19H28N2O3/c1-19(2)17(15-8-9-23-18(15)19)20-11-13-6-5-7-14(10-13)24-12-16(22)21(3)4/h5-7,10,15,17-18,20H,8-9,11-12H2,1-4H3. The van der Waals surface area contributed by atoms with Crippen LogP contribution in [0.4, 0.5) is 0 Å². The topological polar surface area (TPSA) is 50.8 Å². The van der Waals surface area contributed by atoms with Crippen LogP contribution in [0.3, 0.4) is 0 Å². The van der Waals surface area contributed by atoms with Crippen LogP contribution in [-0.4, -0.2) is 50.3 Å². The van der Waals surface area contributed by atoms with Gasteiger partial charge in [-0.15, -0.1) is 0 Å². The number of rotatable bonds is 6. The van der Waals surface area contributed by atoms with Gasteiger partial charge in [0.2, 0.25) is 0 Å². The summed E-state index contributed by atoms with van der Waals surface area (Å²) in [6, 6.07) is 8.44. The highest BCUT2D eigenvalue weighted by molar-refractivity contribution is 5.77.